The van der Waals surface area contributed by atoms with Gasteiger partial charge in [-0.25, -0.2) is 4.98 Å². The minimum Gasteiger partial charge on any atom is -0.406 e. The Morgan fingerprint density at radius 3 is 2.60 bits per heavy atom. The maximum Gasteiger partial charge on any atom is 0.573 e. The van der Waals surface area contributed by atoms with Crippen molar-refractivity contribution >= 4 is 5.57 Å². The van der Waals surface area contributed by atoms with Gasteiger partial charge >= 0.3 is 6.36 Å². The number of rotatable bonds is 7. The van der Waals surface area contributed by atoms with E-state index < -0.39 is 17.9 Å². The highest BCUT2D eigenvalue weighted by Crippen LogP contribution is 2.44. The van der Waals surface area contributed by atoms with Gasteiger partial charge in [-0.15, -0.1) is 13.2 Å². The highest BCUT2D eigenvalue weighted by Gasteiger charge is 2.34. The molecule has 1 aliphatic carbocycles. The Bertz CT molecular complexity index is 1290. The first kappa shape index (κ1) is 24.3. The van der Waals surface area contributed by atoms with Crippen LogP contribution < -0.4 is 4.74 Å². The van der Waals surface area contributed by atoms with Crippen molar-refractivity contribution in [2.24, 2.45) is 12.5 Å². The third-order valence-corrected chi connectivity index (χ3v) is 5.96. The van der Waals surface area contributed by atoms with Crippen LogP contribution >= 0.6 is 0 Å². The lowest BCUT2D eigenvalue weighted by Crippen LogP contribution is -2.21. The molecular weight excluding hydrogens is 455 g/mol. The van der Waals surface area contributed by atoms with Crippen molar-refractivity contribution in [3.05, 3.63) is 102 Å². The van der Waals surface area contributed by atoms with E-state index in [0.29, 0.717) is 12.0 Å². The first-order valence-electron chi connectivity index (χ1n) is 11.0. The van der Waals surface area contributed by atoms with Crippen LogP contribution in [0.2, 0.25) is 0 Å². The molecule has 2 atom stereocenters. The molecule has 8 heteroatoms. The zero-order valence-electron chi connectivity index (χ0n) is 19.3. The van der Waals surface area contributed by atoms with Crippen molar-refractivity contribution in [3.8, 4) is 11.8 Å². The summed E-state index contributed by atoms with van der Waals surface area (Å²) in [5, 5.41) is 9.94. The van der Waals surface area contributed by atoms with Crippen LogP contribution in [0.25, 0.3) is 5.57 Å². The third-order valence-electron chi connectivity index (χ3n) is 5.96. The summed E-state index contributed by atoms with van der Waals surface area (Å²) in [6.07, 6.45) is 2.50. The van der Waals surface area contributed by atoms with Gasteiger partial charge in [-0.05, 0) is 47.8 Å². The number of hydrogen-bond donors (Lipinski definition) is 0. The molecule has 2 unspecified atom stereocenters. The fourth-order valence-electron chi connectivity index (χ4n) is 4.11. The number of nitrogens with zero attached hydrogens (tertiary/aromatic N) is 3. The maximum absolute atomic E-state index is 12.6. The first-order valence-corrected chi connectivity index (χ1v) is 11.0. The Hall–Kier alpha value is -3.83. The number of aromatic nitrogens is 2. The minimum absolute atomic E-state index is 0.0479. The number of hydrogen-bond acceptors (Lipinski definition) is 4. The van der Waals surface area contributed by atoms with E-state index in [2.05, 4.69) is 15.8 Å². The molecule has 0 radical (unpaired) electrons. The van der Waals surface area contributed by atoms with Crippen molar-refractivity contribution < 1.29 is 22.6 Å². The van der Waals surface area contributed by atoms with Gasteiger partial charge in [0.1, 0.15) is 11.9 Å². The lowest BCUT2D eigenvalue weighted by molar-refractivity contribution is -0.274. The van der Waals surface area contributed by atoms with Crippen LogP contribution in [0.3, 0.4) is 0 Å². The largest absolute Gasteiger partial charge is 0.573 e. The molecule has 4 rings (SSSR count). The average molecular weight is 480 g/mol. The molecule has 180 valence electrons. The number of imidazole rings is 1. The lowest BCUT2D eigenvalue weighted by atomic mass is 9.72. The quantitative estimate of drug-likeness (QED) is 0.387. The molecule has 1 aliphatic rings. The number of aryl methyl sites for hydroxylation is 1. The van der Waals surface area contributed by atoms with E-state index in [0.717, 1.165) is 22.4 Å². The van der Waals surface area contributed by atoms with Crippen LogP contribution in [0.4, 0.5) is 13.2 Å². The van der Waals surface area contributed by atoms with Gasteiger partial charge in [0.05, 0.1) is 36.3 Å². The van der Waals surface area contributed by atoms with Gasteiger partial charge in [0, 0.05) is 7.05 Å². The topological polar surface area (TPSA) is 60.1 Å². The molecule has 5 nitrogen and oxygen atoms in total. The van der Waals surface area contributed by atoms with Crippen LogP contribution in [0.15, 0.2) is 84.8 Å². The van der Waals surface area contributed by atoms with Crippen LogP contribution in [0, 0.1) is 16.7 Å². The lowest BCUT2D eigenvalue weighted by Gasteiger charge is -2.31. The minimum atomic E-state index is -4.77. The van der Waals surface area contributed by atoms with E-state index in [1.807, 2.05) is 61.0 Å². The Kier molecular flexibility index (Phi) is 6.81. The molecule has 0 amide bonds. The molecule has 0 N–H and O–H groups in total. The summed E-state index contributed by atoms with van der Waals surface area (Å²) in [6.45, 7) is 1.96. The smallest absolute Gasteiger partial charge is 0.406 e. The summed E-state index contributed by atoms with van der Waals surface area (Å²) in [5.41, 5.74) is 3.29. The second-order valence-electron chi connectivity index (χ2n) is 8.59. The van der Waals surface area contributed by atoms with Gasteiger partial charge in [-0.1, -0.05) is 54.6 Å². The third kappa shape index (κ3) is 5.64. The van der Waals surface area contributed by atoms with Gasteiger partial charge in [0.15, 0.2) is 0 Å². The average Bonchev–Trinajstić information content (AvgIpc) is 3.25. The molecule has 0 saturated heterocycles. The predicted octanol–water partition coefficient (Wildman–Crippen LogP) is 6.52. The maximum atomic E-state index is 12.6. The molecule has 1 heterocycles. The van der Waals surface area contributed by atoms with Crippen molar-refractivity contribution in [1.82, 2.24) is 9.55 Å². The van der Waals surface area contributed by atoms with Gasteiger partial charge in [0.25, 0.3) is 0 Å². The summed E-state index contributed by atoms with van der Waals surface area (Å²) < 4.78 is 50.0. The summed E-state index contributed by atoms with van der Waals surface area (Å²) in [6, 6.07) is 17.9. The van der Waals surface area contributed by atoms with E-state index in [-0.39, 0.29) is 12.4 Å². The van der Waals surface area contributed by atoms with Gasteiger partial charge in [-0.2, -0.15) is 5.26 Å². The zero-order valence-corrected chi connectivity index (χ0v) is 19.3. The highest BCUT2D eigenvalue weighted by atomic mass is 19.4. The van der Waals surface area contributed by atoms with E-state index >= 15 is 0 Å². The number of ether oxygens (including phenoxy) is 2. The van der Waals surface area contributed by atoms with Gasteiger partial charge < -0.3 is 14.0 Å². The molecule has 1 aromatic heterocycles. The SMILES string of the molecule is Cn1cncc1C(OCc1cccc(OC(F)(F)F)c1)C1=CCC(C)(C#N)C(c2ccccc2)=C1. The normalized spacial score (nSPS) is 18.9. The summed E-state index contributed by atoms with van der Waals surface area (Å²) >= 11 is 0. The van der Waals surface area contributed by atoms with Crippen LogP contribution in [0.1, 0.15) is 36.3 Å². The number of allylic oxidation sites excluding steroid dienone is 2. The van der Waals surface area contributed by atoms with Crippen molar-refractivity contribution in [3.63, 3.8) is 0 Å². The molecular formula is C27H24F3N3O2. The number of halogens is 3. The van der Waals surface area contributed by atoms with Crippen molar-refractivity contribution in [1.29, 1.82) is 5.26 Å². The Morgan fingerprint density at radius 1 is 1.17 bits per heavy atom. The molecule has 0 bridgehead atoms. The number of nitriles is 1. The molecule has 0 fully saturated rings. The Labute approximate surface area is 201 Å². The standard InChI is InChI=1S/C27H24F3N3O2/c1-26(17-31)12-11-21(14-23(26)20-8-4-3-5-9-20)25(24-15-32-18-33(24)2)34-16-19-7-6-10-22(13-19)35-27(28,29)30/h3-11,13-15,18,25H,12,16H2,1-2H3. The highest BCUT2D eigenvalue weighted by molar-refractivity contribution is 5.76. The molecule has 0 aliphatic heterocycles. The van der Waals surface area contributed by atoms with E-state index in [1.54, 1.807) is 18.6 Å². The van der Waals surface area contributed by atoms with E-state index in [9.17, 15) is 18.4 Å². The summed E-state index contributed by atoms with van der Waals surface area (Å²) in [5.74, 6) is -0.302. The van der Waals surface area contributed by atoms with Gasteiger partial charge in [0.2, 0.25) is 0 Å². The summed E-state index contributed by atoms with van der Waals surface area (Å²) in [4.78, 5) is 4.21. The number of benzene rings is 2. The molecule has 0 saturated carbocycles. The Balaban J connectivity index is 1.66. The van der Waals surface area contributed by atoms with Crippen molar-refractivity contribution in [2.45, 2.75) is 32.4 Å². The van der Waals surface area contributed by atoms with E-state index in [4.69, 9.17) is 4.74 Å². The van der Waals surface area contributed by atoms with Gasteiger partial charge in [-0.3, -0.25) is 0 Å². The first-order chi connectivity index (χ1) is 16.7. The molecule has 35 heavy (non-hydrogen) atoms. The van der Waals surface area contributed by atoms with Crippen LogP contribution in [0.5, 0.6) is 5.75 Å². The van der Waals surface area contributed by atoms with E-state index in [1.165, 1.54) is 18.2 Å². The molecule has 3 aromatic rings. The van der Waals surface area contributed by atoms with Crippen molar-refractivity contribution in [2.75, 3.05) is 0 Å². The fourth-order valence-corrected chi connectivity index (χ4v) is 4.11. The molecule has 0 spiro atoms. The monoisotopic (exact) mass is 479 g/mol. The summed E-state index contributed by atoms with van der Waals surface area (Å²) in [7, 11) is 1.85. The molecule has 2 aromatic carbocycles. The number of alkyl halides is 3. The Morgan fingerprint density at radius 2 is 1.94 bits per heavy atom. The van der Waals surface area contributed by atoms with Crippen LogP contribution in [-0.4, -0.2) is 15.9 Å². The zero-order chi connectivity index (χ0) is 25.1. The predicted molar refractivity (Wildman–Crippen MR) is 125 cm³/mol. The fraction of sp³-hybridized carbons (Fsp3) is 0.259. The second-order valence-corrected chi connectivity index (χ2v) is 8.59. The second kappa shape index (κ2) is 9.80. The van der Waals surface area contributed by atoms with Crippen LogP contribution in [-0.2, 0) is 18.4 Å².